The highest BCUT2D eigenvalue weighted by atomic mass is 79.9. The van der Waals surface area contributed by atoms with E-state index >= 15 is 0 Å². The average Bonchev–Trinajstić information content (AvgIpc) is 2.41. The van der Waals surface area contributed by atoms with E-state index in [1.807, 2.05) is 18.2 Å². The second kappa shape index (κ2) is 8.21. The Balaban J connectivity index is 2.52. The van der Waals surface area contributed by atoms with Crippen LogP contribution in [0.15, 0.2) is 34.8 Å². The molecule has 1 aromatic carbocycles. The molecule has 0 saturated carbocycles. The maximum atomic E-state index is 11.0. The molecule has 0 heterocycles. The minimum atomic E-state index is -1.71. The number of halogens is 1. The van der Waals surface area contributed by atoms with Crippen LogP contribution in [0, 0.1) is 10.1 Å². The smallest absolute Gasteiger partial charge is 0.272 e. The third-order valence-electron chi connectivity index (χ3n) is 4.33. The Hall–Kier alpha value is -0.983. The topological polar surface area (TPSA) is 52.4 Å². The second-order valence-electron chi connectivity index (χ2n) is 7.11. The zero-order valence-corrected chi connectivity index (χ0v) is 17.1. The number of aryl methyl sites for hydroxylation is 1. The molecule has 0 saturated heterocycles. The summed E-state index contributed by atoms with van der Waals surface area (Å²) in [6.45, 7) is 11.7. The van der Waals surface area contributed by atoms with E-state index in [4.69, 9.17) is 4.43 Å². The Kier molecular flexibility index (Phi) is 7.17. The molecule has 0 bridgehead atoms. The van der Waals surface area contributed by atoms with Gasteiger partial charge in [0.2, 0.25) is 0 Å². The Bertz CT molecular complexity index is 580. The highest BCUT2D eigenvalue weighted by Crippen LogP contribution is 2.36. The van der Waals surface area contributed by atoms with Gasteiger partial charge < -0.3 is 4.43 Å². The molecule has 6 heteroatoms. The number of hydrogen-bond donors (Lipinski definition) is 0. The van der Waals surface area contributed by atoms with E-state index in [9.17, 15) is 10.1 Å². The number of hydrogen-bond acceptors (Lipinski definition) is 3. The lowest BCUT2D eigenvalue weighted by Gasteiger charge is -2.35. The minimum absolute atomic E-state index is 0.180. The van der Waals surface area contributed by atoms with Gasteiger partial charge in [-0.15, -0.1) is 0 Å². The van der Waals surface area contributed by atoms with Gasteiger partial charge in [0.1, 0.15) is 0 Å². The molecule has 4 nitrogen and oxygen atoms in total. The van der Waals surface area contributed by atoms with Gasteiger partial charge in [-0.3, -0.25) is 10.1 Å². The summed E-state index contributed by atoms with van der Waals surface area (Å²) in [6.07, 6.45) is 5.46. The monoisotopic (exact) mass is 399 g/mol. The van der Waals surface area contributed by atoms with Crippen molar-refractivity contribution in [3.05, 3.63) is 50.5 Å². The largest absolute Gasteiger partial charge is 0.413 e. The van der Waals surface area contributed by atoms with Crippen molar-refractivity contribution in [2.24, 2.45) is 0 Å². The highest BCUT2D eigenvalue weighted by molar-refractivity contribution is 9.10. The lowest BCUT2D eigenvalue weighted by Crippen LogP contribution is -2.40. The van der Waals surface area contributed by atoms with Gasteiger partial charge in [0.15, 0.2) is 8.32 Å². The lowest BCUT2D eigenvalue weighted by molar-refractivity contribution is -0.385. The third kappa shape index (κ3) is 6.20. The van der Waals surface area contributed by atoms with E-state index in [1.54, 1.807) is 12.1 Å². The molecule has 0 atom stereocenters. The lowest BCUT2D eigenvalue weighted by atomic mass is 10.1. The molecule has 0 amide bonds. The number of nitrogens with zero attached hydrogens (tertiary/aromatic N) is 1. The Morgan fingerprint density at radius 2 is 1.96 bits per heavy atom. The predicted octanol–water partition coefficient (Wildman–Crippen LogP) is 5.87. The minimum Gasteiger partial charge on any atom is -0.413 e. The quantitative estimate of drug-likeness (QED) is 0.249. The zero-order valence-electron chi connectivity index (χ0n) is 14.6. The van der Waals surface area contributed by atoms with Crippen LogP contribution >= 0.6 is 15.9 Å². The van der Waals surface area contributed by atoms with Gasteiger partial charge in [-0.1, -0.05) is 48.9 Å². The molecule has 23 heavy (non-hydrogen) atoms. The van der Waals surface area contributed by atoms with Gasteiger partial charge in [-0.05, 0) is 43.1 Å². The van der Waals surface area contributed by atoms with Crippen molar-refractivity contribution in [3.8, 4) is 0 Å². The average molecular weight is 400 g/mol. The first kappa shape index (κ1) is 20.1. The van der Waals surface area contributed by atoms with E-state index in [2.05, 4.69) is 49.8 Å². The summed E-state index contributed by atoms with van der Waals surface area (Å²) in [4.78, 5) is 10.7. The fraction of sp³-hybridized carbons (Fsp3) is 0.529. The summed E-state index contributed by atoms with van der Waals surface area (Å²) in [6, 6.07) is 5.06. The highest BCUT2D eigenvalue weighted by Gasteiger charge is 2.36. The van der Waals surface area contributed by atoms with Crippen molar-refractivity contribution in [3.63, 3.8) is 0 Å². The van der Waals surface area contributed by atoms with Gasteiger partial charge >= 0.3 is 0 Å². The van der Waals surface area contributed by atoms with Crippen molar-refractivity contribution in [1.82, 2.24) is 0 Å². The maximum Gasteiger partial charge on any atom is 0.272 e. The second-order valence-corrected chi connectivity index (χ2v) is 12.8. The van der Waals surface area contributed by atoms with E-state index in [0.717, 1.165) is 16.5 Å². The van der Waals surface area contributed by atoms with Crippen molar-refractivity contribution in [1.29, 1.82) is 0 Å². The summed E-state index contributed by atoms with van der Waals surface area (Å²) >= 11 is 3.36. The van der Waals surface area contributed by atoms with Crippen LogP contribution in [0.1, 0.15) is 32.8 Å². The first-order chi connectivity index (χ1) is 10.5. The molecule has 0 aliphatic rings. The summed E-state index contributed by atoms with van der Waals surface area (Å²) < 4.78 is 6.93. The van der Waals surface area contributed by atoms with Crippen LogP contribution in [0.5, 0.6) is 0 Å². The van der Waals surface area contributed by atoms with Crippen LogP contribution in [-0.4, -0.2) is 19.8 Å². The SMILES string of the molecule is CC(C)(C)[Si](C)(C)OC/C=C\CCc1cc(Br)ccc1[N+](=O)[O-]. The fourth-order valence-electron chi connectivity index (χ4n) is 1.83. The summed E-state index contributed by atoms with van der Waals surface area (Å²) in [7, 11) is -1.71. The number of benzene rings is 1. The van der Waals surface area contributed by atoms with E-state index < -0.39 is 8.32 Å². The van der Waals surface area contributed by atoms with Crippen molar-refractivity contribution >= 4 is 29.9 Å². The fourth-order valence-corrected chi connectivity index (χ4v) is 3.18. The summed E-state index contributed by atoms with van der Waals surface area (Å²) in [5.41, 5.74) is 0.929. The van der Waals surface area contributed by atoms with Crippen LogP contribution in [0.25, 0.3) is 0 Å². The standard InChI is InChI=1S/C17H26BrNO3Si/c1-17(2,3)23(4,5)22-12-8-6-7-9-14-13-15(18)10-11-16(14)19(20)21/h6,8,10-11,13H,7,9,12H2,1-5H3/b8-6-. The van der Waals surface area contributed by atoms with E-state index in [-0.39, 0.29) is 15.6 Å². The van der Waals surface area contributed by atoms with Crippen molar-refractivity contribution in [2.45, 2.75) is 51.7 Å². The number of allylic oxidation sites excluding steroid dienone is 1. The van der Waals surface area contributed by atoms with Gasteiger partial charge in [-0.2, -0.15) is 0 Å². The summed E-state index contributed by atoms with van der Waals surface area (Å²) in [5.74, 6) is 0. The molecule has 0 aromatic heterocycles. The number of nitro groups is 1. The normalized spacial score (nSPS) is 12.8. The molecule has 0 aliphatic carbocycles. The van der Waals surface area contributed by atoms with Gasteiger partial charge in [0.25, 0.3) is 5.69 Å². The Labute approximate surface area is 148 Å². The Morgan fingerprint density at radius 1 is 1.30 bits per heavy atom. The zero-order chi connectivity index (χ0) is 17.7. The molecular formula is C17H26BrNO3Si. The van der Waals surface area contributed by atoms with Crippen LogP contribution in [0.2, 0.25) is 18.1 Å². The maximum absolute atomic E-state index is 11.0. The van der Waals surface area contributed by atoms with Crippen LogP contribution in [0.4, 0.5) is 5.69 Å². The first-order valence-electron chi connectivity index (χ1n) is 7.76. The number of rotatable bonds is 7. The molecule has 0 radical (unpaired) electrons. The van der Waals surface area contributed by atoms with Crippen LogP contribution < -0.4 is 0 Å². The molecule has 0 N–H and O–H groups in total. The molecule has 1 rings (SSSR count). The number of nitro benzene ring substituents is 1. The molecule has 1 aromatic rings. The summed E-state index contributed by atoms with van der Waals surface area (Å²) in [5, 5.41) is 11.2. The first-order valence-corrected chi connectivity index (χ1v) is 11.5. The van der Waals surface area contributed by atoms with Gasteiger partial charge in [-0.25, -0.2) is 0 Å². The van der Waals surface area contributed by atoms with E-state index in [1.165, 1.54) is 0 Å². The molecule has 0 fully saturated rings. The van der Waals surface area contributed by atoms with Gasteiger partial charge in [0, 0.05) is 16.1 Å². The van der Waals surface area contributed by atoms with Crippen molar-refractivity contribution < 1.29 is 9.35 Å². The third-order valence-corrected chi connectivity index (χ3v) is 9.33. The molecule has 0 unspecified atom stereocenters. The molecule has 0 aliphatic heterocycles. The van der Waals surface area contributed by atoms with E-state index in [0.29, 0.717) is 13.0 Å². The van der Waals surface area contributed by atoms with Crippen LogP contribution in [0.3, 0.4) is 0 Å². The molecule has 128 valence electrons. The van der Waals surface area contributed by atoms with Crippen molar-refractivity contribution in [2.75, 3.05) is 6.61 Å². The molecular weight excluding hydrogens is 374 g/mol. The van der Waals surface area contributed by atoms with Crippen LogP contribution in [-0.2, 0) is 10.8 Å². The van der Waals surface area contributed by atoms with Gasteiger partial charge in [0.05, 0.1) is 11.5 Å². The molecule has 0 spiro atoms. The predicted molar refractivity (Wildman–Crippen MR) is 101 cm³/mol. The Morgan fingerprint density at radius 3 is 2.52 bits per heavy atom.